The normalized spacial score (nSPS) is 16.2. The average molecular weight is 493 g/mol. The van der Waals surface area contributed by atoms with Gasteiger partial charge in [-0.15, -0.1) is 0 Å². The summed E-state index contributed by atoms with van der Waals surface area (Å²) in [5.41, 5.74) is -0.846. The van der Waals surface area contributed by atoms with Gasteiger partial charge in [-0.05, 0) is 43.2 Å². The SMILES string of the molecule is Cn1cccc1C(=O)COC(=O)C1CCN(S(=O)(=O)c2ccc(Cl)c(C(F)(F)F)c2)CC1. The third-order valence-corrected chi connectivity index (χ3v) is 7.47. The van der Waals surface area contributed by atoms with Gasteiger partial charge in [0, 0.05) is 26.3 Å². The van der Waals surface area contributed by atoms with Crippen LogP contribution in [0.5, 0.6) is 0 Å². The van der Waals surface area contributed by atoms with Gasteiger partial charge in [-0.25, -0.2) is 8.42 Å². The monoisotopic (exact) mass is 492 g/mol. The lowest BCUT2D eigenvalue weighted by molar-refractivity contribution is -0.148. The Morgan fingerprint density at radius 2 is 1.84 bits per heavy atom. The van der Waals surface area contributed by atoms with Gasteiger partial charge in [-0.2, -0.15) is 17.5 Å². The molecule has 32 heavy (non-hydrogen) atoms. The number of aryl methyl sites for hydroxylation is 1. The van der Waals surface area contributed by atoms with Gasteiger partial charge < -0.3 is 9.30 Å². The number of hydrogen-bond donors (Lipinski definition) is 0. The Bertz CT molecular complexity index is 1120. The summed E-state index contributed by atoms with van der Waals surface area (Å²) in [6.07, 6.45) is -2.87. The van der Waals surface area contributed by atoms with E-state index in [1.54, 1.807) is 29.9 Å². The molecule has 0 N–H and O–H groups in total. The van der Waals surface area contributed by atoms with Crippen molar-refractivity contribution in [2.24, 2.45) is 13.0 Å². The Balaban J connectivity index is 1.61. The summed E-state index contributed by atoms with van der Waals surface area (Å²) >= 11 is 5.56. The van der Waals surface area contributed by atoms with E-state index in [9.17, 15) is 31.2 Å². The number of sulfonamides is 1. The van der Waals surface area contributed by atoms with Crippen LogP contribution >= 0.6 is 11.6 Å². The average Bonchev–Trinajstić information content (AvgIpc) is 3.17. The number of ketones is 1. The molecule has 0 radical (unpaired) electrons. The predicted molar refractivity (Wildman–Crippen MR) is 109 cm³/mol. The second kappa shape index (κ2) is 9.24. The first-order chi connectivity index (χ1) is 14.9. The van der Waals surface area contributed by atoms with Crippen LogP contribution in [-0.4, -0.2) is 48.7 Å². The summed E-state index contributed by atoms with van der Waals surface area (Å²) in [6, 6.07) is 5.70. The molecule has 0 unspecified atom stereocenters. The van der Waals surface area contributed by atoms with Crippen molar-refractivity contribution < 1.29 is 35.9 Å². The fourth-order valence-electron chi connectivity index (χ4n) is 3.44. The lowest BCUT2D eigenvalue weighted by Gasteiger charge is -2.30. The van der Waals surface area contributed by atoms with Crippen LogP contribution in [-0.2, 0) is 32.8 Å². The highest BCUT2D eigenvalue weighted by Gasteiger charge is 2.37. The first kappa shape index (κ1) is 24.3. The Morgan fingerprint density at radius 1 is 1.19 bits per heavy atom. The lowest BCUT2D eigenvalue weighted by Crippen LogP contribution is -2.40. The maximum atomic E-state index is 13.1. The fourth-order valence-corrected chi connectivity index (χ4v) is 5.16. The van der Waals surface area contributed by atoms with Crippen LogP contribution in [0.4, 0.5) is 13.2 Å². The molecule has 0 spiro atoms. The minimum Gasteiger partial charge on any atom is -0.457 e. The van der Waals surface area contributed by atoms with E-state index in [-0.39, 0.29) is 31.7 Å². The van der Waals surface area contributed by atoms with Crippen molar-refractivity contribution in [3.8, 4) is 0 Å². The van der Waals surface area contributed by atoms with Crippen LogP contribution in [0.1, 0.15) is 28.9 Å². The number of benzene rings is 1. The molecule has 7 nitrogen and oxygen atoms in total. The molecule has 3 rings (SSSR count). The van der Waals surface area contributed by atoms with E-state index in [1.165, 1.54) is 0 Å². The summed E-state index contributed by atoms with van der Waals surface area (Å²) in [5.74, 6) is -1.59. The van der Waals surface area contributed by atoms with Crippen molar-refractivity contribution in [3.63, 3.8) is 0 Å². The van der Waals surface area contributed by atoms with E-state index in [2.05, 4.69) is 0 Å². The fraction of sp³-hybridized carbons (Fsp3) is 0.400. The van der Waals surface area contributed by atoms with Crippen LogP contribution in [0.2, 0.25) is 5.02 Å². The summed E-state index contributed by atoms with van der Waals surface area (Å²) in [5, 5.41) is -0.595. The topological polar surface area (TPSA) is 85.7 Å². The maximum absolute atomic E-state index is 13.1. The highest BCUT2D eigenvalue weighted by molar-refractivity contribution is 7.89. The first-order valence-electron chi connectivity index (χ1n) is 9.59. The van der Waals surface area contributed by atoms with Gasteiger partial charge in [0.1, 0.15) is 0 Å². The van der Waals surface area contributed by atoms with Crippen molar-refractivity contribution in [1.82, 2.24) is 8.87 Å². The highest BCUT2D eigenvalue weighted by Crippen LogP contribution is 2.36. The van der Waals surface area contributed by atoms with Crippen molar-refractivity contribution in [3.05, 3.63) is 52.8 Å². The number of hydrogen-bond acceptors (Lipinski definition) is 5. The number of ether oxygens (including phenoxy) is 1. The van der Waals surface area contributed by atoms with Crippen LogP contribution in [0.3, 0.4) is 0 Å². The van der Waals surface area contributed by atoms with Crippen molar-refractivity contribution in [2.45, 2.75) is 23.9 Å². The molecule has 2 aromatic rings. The van der Waals surface area contributed by atoms with E-state index in [0.717, 1.165) is 16.4 Å². The Kier molecular flexibility index (Phi) is 7.01. The van der Waals surface area contributed by atoms with Crippen LogP contribution in [0.15, 0.2) is 41.4 Å². The third kappa shape index (κ3) is 5.16. The zero-order valence-corrected chi connectivity index (χ0v) is 18.5. The molecule has 1 saturated heterocycles. The van der Waals surface area contributed by atoms with Crippen molar-refractivity contribution in [1.29, 1.82) is 0 Å². The number of nitrogens with zero attached hydrogens (tertiary/aromatic N) is 2. The quantitative estimate of drug-likeness (QED) is 0.455. The maximum Gasteiger partial charge on any atom is 0.417 e. The number of piperidine rings is 1. The van der Waals surface area contributed by atoms with Crippen LogP contribution in [0.25, 0.3) is 0 Å². The molecule has 0 saturated carbocycles. The number of alkyl halides is 3. The van der Waals surface area contributed by atoms with Crippen molar-refractivity contribution >= 4 is 33.4 Å². The van der Waals surface area contributed by atoms with Gasteiger partial charge in [0.15, 0.2) is 6.61 Å². The number of rotatable bonds is 6. The molecule has 0 aliphatic carbocycles. The van der Waals surface area contributed by atoms with Gasteiger partial charge >= 0.3 is 12.1 Å². The minimum absolute atomic E-state index is 0.0716. The highest BCUT2D eigenvalue weighted by atomic mass is 35.5. The number of halogens is 4. The molecule has 1 aliphatic heterocycles. The molecule has 174 valence electrons. The van der Waals surface area contributed by atoms with Gasteiger partial charge in [-0.1, -0.05) is 11.6 Å². The molecule has 0 bridgehead atoms. The van der Waals surface area contributed by atoms with Crippen LogP contribution < -0.4 is 0 Å². The number of Topliss-reactive ketones (excluding diaryl/α,β-unsaturated/α-hetero) is 1. The van der Waals surface area contributed by atoms with Crippen molar-refractivity contribution in [2.75, 3.05) is 19.7 Å². The van der Waals surface area contributed by atoms with E-state index < -0.39 is 50.2 Å². The zero-order valence-electron chi connectivity index (χ0n) is 16.9. The van der Waals surface area contributed by atoms with E-state index in [0.29, 0.717) is 11.8 Å². The molecule has 1 aliphatic rings. The van der Waals surface area contributed by atoms with Crippen LogP contribution in [0, 0.1) is 5.92 Å². The second-order valence-electron chi connectivity index (χ2n) is 7.35. The third-order valence-electron chi connectivity index (χ3n) is 5.24. The molecule has 0 atom stereocenters. The zero-order chi connectivity index (χ0) is 23.7. The Morgan fingerprint density at radius 3 is 2.41 bits per heavy atom. The second-order valence-corrected chi connectivity index (χ2v) is 9.70. The number of esters is 1. The lowest BCUT2D eigenvalue weighted by atomic mass is 9.98. The molecular weight excluding hydrogens is 473 g/mol. The largest absolute Gasteiger partial charge is 0.457 e. The summed E-state index contributed by atoms with van der Waals surface area (Å²) in [4.78, 5) is 23.9. The molecule has 1 fully saturated rings. The Labute approximate surface area is 187 Å². The summed E-state index contributed by atoms with van der Waals surface area (Å²) in [7, 11) is -2.52. The molecular formula is C20H20ClF3N2O5S. The Hall–Kier alpha value is -2.37. The molecule has 1 aromatic carbocycles. The minimum atomic E-state index is -4.80. The van der Waals surface area contributed by atoms with E-state index in [4.69, 9.17) is 16.3 Å². The molecule has 1 aromatic heterocycles. The number of carbonyl (C=O) groups is 2. The predicted octanol–water partition coefficient (Wildman–Crippen LogP) is 3.52. The first-order valence-corrected chi connectivity index (χ1v) is 11.4. The molecule has 12 heteroatoms. The van der Waals surface area contributed by atoms with Gasteiger partial charge in [0.25, 0.3) is 0 Å². The number of aromatic nitrogens is 1. The standard InChI is InChI=1S/C20H20ClF3N2O5S/c1-25-8-2-3-17(25)18(27)12-31-19(28)13-6-9-26(10-7-13)32(29,30)14-4-5-16(21)15(11-14)20(22,23)24/h2-5,8,11,13H,6-7,9-10,12H2,1H3. The summed E-state index contributed by atoms with van der Waals surface area (Å²) < 4.78 is 72.5. The van der Waals surface area contributed by atoms with E-state index >= 15 is 0 Å². The van der Waals surface area contributed by atoms with Gasteiger partial charge in [0.2, 0.25) is 15.8 Å². The summed E-state index contributed by atoms with van der Waals surface area (Å²) in [6.45, 7) is -0.574. The number of carbonyl (C=O) groups excluding carboxylic acids is 2. The smallest absolute Gasteiger partial charge is 0.417 e. The molecule has 2 heterocycles. The van der Waals surface area contributed by atoms with Gasteiger partial charge in [-0.3, -0.25) is 9.59 Å². The molecule has 0 amide bonds. The van der Waals surface area contributed by atoms with Gasteiger partial charge in [0.05, 0.1) is 27.1 Å². The van der Waals surface area contributed by atoms with E-state index in [1.807, 2.05) is 0 Å².